The highest BCUT2D eigenvalue weighted by Gasteiger charge is 2.26. The van der Waals surface area contributed by atoms with Gasteiger partial charge in [0.25, 0.3) is 15.7 Å². The summed E-state index contributed by atoms with van der Waals surface area (Å²) in [6.45, 7) is 0. The molecular weight excluding hydrogens is 444 g/mol. The van der Waals surface area contributed by atoms with Crippen molar-refractivity contribution >= 4 is 38.0 Å². The Morgan fingerprint density at radius 1 is 1.00 bits per heavy atom. The van der Waals surface area contributed by atoms with E-state index < -0.39 is 32.3 Å². The molecular formula is C21H15F2N3O5S. The number of rotatable bonds is 6. The maximum Gasteiger partial charge on any atom is 0.294 e. The molecule has 11 heteroatoms. The third-order valence-electron chi connectivity index (χ3n) is 4.80. The van der Waals surface area contributed by atoms with Crippen molar-refractivity contribution in [1.82, 2.24) is 3.97 Å². The van der Waals surface area contributed by atoms with Gasteiger partial charge < -0.3 is 10.1 Å². The first-order valence-corrected chi connectivity index (χ1v) is 10.6. The zero-order valence-corrected chi connectivity index (χ0v) is 17.3. The number of nitrogens with zero attached hydrogens (tertiary/aromatic N) is 2. The minimum absolute atomic E-state index is 0.0935. The zero-order chi connectivity index (χ0) is 23.0. The number of fused-ring (bicyclic) bond motifs is 1. The van der Waals surface area contributed by atoms with Crippen molar-refractivity contribution in [1.29, 1.82) is 0 Å². The van der Waals surface area contributed by atoms with Gasteiger partial charge in [-0.05, 0) is 48.5 Å². The largest absolute Gasteiger partial charge is 0.497 e. The fourth-order valence-corrected chi connectivity index (χ4v) is 4.62. The molecule has 4 aromatic rings. The molecule has 1 heterocycles. The summed E-state index contributed by atoms with van der Waals surface area (Å²) in [7, 11) is -2.75. The molecule has 164 valence electrons. The van der Waals surface area contributed by atoms with E-state index >= 15 is 0 Å². The Hall–Kier alpha value is -3.99. The zero-order valence-electron chi connectivity index (χ0n) is 16.5. The summed E-state index contributed by atoms with van der Waals surface area (Å²) in [5, 5.41) is 14.7. The maximum atomic E-state index is 13.6. The van der Waals surface area contributed by atoms with Crippen molar-refractivity contribution < 1.29 is 26.9 Å². The molecule has 0 aliphatic carbocycles. The number of aromatic nitrogens is 1. The fraction of sp³-hybridized carbons (Fsp3) is 0.0476. The summed E-state index contributed by atoms with van der Waals surface area (Å²) >= 11 is 0. The van der Waals surface area contributed by atoms with Crippen LogP contribution in [0.25, 0.3) is 10.9 Å². The molecule has 1 N–H and O–H groups in total. The van der Waals surface area contributed by atoms with Crippen LogP contribution in [0.1, 0.15) is 0 Å². The Morgan fingerprint density at radius 2 is 1.72 bits per heavy atom. The summed E-state index contributed by atoms with van der Waals surface area (Å²) < 4.78 is 59.1. The first kappa shape index (κ1) is 21.2. The molecule has 32 heavy (non-hydrogen) atoms. The van der Waals surface area contributed by atoms with Gasteiger partial charge in [0, 0.05) is 35.1 Å². The lowest BCUT2D eigenvalue weighted by atomic mass is 10.2. The number of halogens is 2. The highest BCUT2D eigenvalue weighted by molar-refractivity contribution is 7.90. The van der Waals surface area contributed by atoms with Crippen molar-refractivity contribution in [2.75, 3.05) is 12.4 Å². The average Bonchev–Trinajstić information content (AvgIpc) is 3.23. The number of methoxy groups -OCH3 is 1. The molecule has 3 aromatic carbocycles. The first-order valence-electron chi connectivity index (χ1n) is 9.12. The van der Waals surface area contributed by atoms with Crippen LogP contribution in [0.15, 0.2) is 71.8 Å². The minimum atomic E-state index is -4.19. The molecule has 1 aromatic heterocycles. The molecule has 0 bridgehead atoms. The summed E-state index contributed by atoms with van der Waals surface area (Å²) in [4.78, 5) is 10.8. The molecule has 0 radical (unpaired) electrons. The second-order valence-corrected chi connectivity index (χ2v) is 8.51. The van der Waals surface area contributed by atoms with Crippen LogP contribution in [0.5, 0.6) is 5.75 Å². The van der Waals surface area contributed by atoms with Gasteiger partial charge in [-0.2, -0.15) is 0 Å². The van der Waals surface area contributed by atoms with Crippen molar-refractivity contribution in [3.05, 3.63) is 88.6 Å². The van der Waals surface area contributed by atoms with Gasteiger partial charge in [0.2, 0.25) is 0 Å². The van der Waals surface area contributed by atoms with Crippen LogP contribution in [0.4, 0.5) is 25.8 Å². The van der Waals surface area contributed by atoms with Crippen molar-refractivity contribution in [3.63, 3.8) is 0 Å². The predicted molar refractivity (Wildman–Crippen MR) is 114 cm³/mol. The van der Waals surface area contributed by atoms with Crippen LogP contribution >= 0.6 is 0 Å². The lowest BCUT2D eigenvalue weighted by Crippen LogP contribution is -2.12. The monoisotopic (exact) mass is 459 g/mol. The minimum Gasteiger partial charge on any atom is -0.497 e. The number of benzene rings is 3. The van der Waals surface area contributed by atoms with Crippen LogP contribution in [0.3, 0.4) is 0 Å². The van der Waals surface area contributed by atoms with E-state index in [4.69, 9.17) is 4.74 Å². The van der Waals surface area contributed by atoms with Crippen LogP contribution in [0, 0.1) is 21.7 Å². The molecule has 0 atom stereocenters. The predicted octanol–water partition coefficient (Wildman–Crippen LogP) is 4.82. The second kappa shape index (κ2) is 7.93. The van der Waals surface area contributed by atoms with Gasteiger partial charge in [-0.1, -0.05) is 0 Å². The summed E-state index contributed by atoms with van der Waals surface area (Å²) in [6, 6.07) is 12.6. The second-order valence-electron chi connectivity index (χ2n) is 6.70. The lowest BCUT2D eigenvalue weighted by Gasteiger charge is -2.11. The Kier molecular flexibility index (Phi) is 5.26. The molecule has 0 saturated carbocycles. The van der Waals surface area contributed by atoms with Crippen LogP contribution in [-0.2, 0) is 10.0 Å². The number of nitro groups is 1. The molecule has 0 fully saturated rings. The smallest absolute Gasteiger partial charge is 0.294 e. The van der Waals surface area contributed by atoms with E-state index in [9.17, 15) is 27.3 Å². The Bertz CT molecular complexity index is 1450. The summed E-state index contributed by atoms with van der Waals surface area (Å²) in [6.07, 6.45) is 1.20. The molecule has 0 spiro atoms. The number of nitrogens with one attached hydrogen (secondary N) is 1. The van der Waals surface area contributed by atoms with Gasteiger partial charge in [-0.3, -0.25) is 10.1 Å². The molecule has 0 amide bonds. The van der Waals surface area contributed by atoms with E-state index in [0.29, 0.717) is 5.75 Å². The first-order chi connectivity index (χ1) is 15.2. The highest BCUT2D eigenvalue weighted by atomic mass is 32.2. The van der Waals surface area contributed by atoms with Gasteiger partial charge in [0.1, 0.15) is 11.3 Å². The quantitative estimate of drug-likeness (QED) is 0.328. The fourth-order valence-electron chi connectivity index (χ4n) is 3.26. The molecule has 0 aliphatic heterocycles. The average molecular weight is 459 g/mol. The van der Waals surface area contributed by atoms with E-state index in [1.165, 1.54) is 55.8 Å². The number of anilines is 2. The Morgan fingerprint density at radius 3 is 2.34 bits per heavy atom. The SMILES string of the molecule is COc1ccc(S(=O)(=O)n2ccc3c(Nc4ccc(F)c(F)c4)ccc([N+](=O)[O-])c32)cc1. The topological polar surface area (TPSA) is 103 Å². The number of non-ortho nitro benzene ring substituents is 1. The van der Waals surface area contributed by atoms with Crippen molar-refractivity contribution in [2.45, 2.75) is 4.90 Å². The Labute approximate surface area is 180 Å². The maximum absolute atomic E-state index is 13.6. The van der Waals surface area contributed by atoms with Crippen LogP contribution < -0.4 is 10.1 Å². The van der Waals surface area contributed by atoms with Crippen molar-refractivity contribution in [3.8, 4) is 5.75 Å². The molecule has 0 aliphatic rings. The van der Waals surface area contributed by atoms with Gasteiger partial charge in [0.15, 0.2) is 11.6 Å². The Balaban J connectivity index is 1.88. The molecule has 4 rings (SSSR count). The molecule has 8 nitrogen and oxygen atoms in total. The van der Waals surface area contributed by atoms with E-state index in [2.05, 4.69) is 5.32 Å². The van der Waals surface area contributed by atoms with Crippen LogP contribution in [0.2, 0.25) is 0 Å². The van der Waals surface area contributed by atoms with E-state index in [0.717, 1.165) is 22.2 Å². The van der Waals surface area contributed by atoms with E-state index in [1.807, 2.05) is 0 Å². The number of hydrogen-bond acceptors (Lipinski definition) is 6. The van der Waals surface area contributed by atoms with Crippen molar-refractivity contribution in [2.24, 2.45) is 0 Å². The van der Waals surface area contributed by atoms with Gasteiger partial charge in [0.05, 0.1) is 16.9 Å². The summed E-state index contributed by atoms with van der Waals surface area (Å²) in [5.74, 6) is -1.65. The van der Waals surface area contributed by atoms with Crippen LogP contribution in [-0.4, -0.2) is 24.4 Å². The highest BCUT2D eigenvalue weighted by Crippen LogP contribution is 2.36. The van der Waals surface area contributed by atoms with Gasteiger partial charge in [-0.25, -0.2) is 21.2 Å². The normalized spacial score (nSPS) is 11.5. The number of nitro benzene ring substituents is 1. The van der Waals surface area contributed by atoms with Gasteiger partial charge >= 0.3 is 0 Å². The number of ether oxygens (including phenoxy) is 1. The van der Waals surface area contributed by atoms with Gasteiger partial charge in [-0.15, -0.1) is 0 Å². The third kappa shape index (κ3) is 3.62. The number of hydrogen-bond donors (Lipinski definition) is 1. The summed E-state index contributed by atoms with van der Waals surface area (Å²) in [5.41, 5.74) is -0.138. The molecule has 0 saturated heterocycles. The molecule has 0 unspecified atom stereocenters. The van der Waals surface area contributed by atoms with E-state index in [1.54, 1.807) is 0 Å². The van der Waals surface area contributed by atoms with E-state index in [-0.39, 0.29) is 27.2 Å². The standard InChI is InChI=1S/C21H15F2N3O5S/c1-31-14-3-5-15(6-4-14)32(29,30)25-11-10-16-19(8-9-20(21(16)25)26(27)28)24-13-2-7-17(22)18(23)12-13/h2-12,24H,1H3. The lowest BCUT2D eigenvalue weighted by molar-refractivity contribution is -0.383. The third-order valence-corrected chi connectivity index (χ3v) is 6.49.